The molecule has 6 nitrogen and oxygen atoms in total. The van der Waals surface area contributed by atoms with Gasteiger partial charge >= 0.3 is 0 Å². The summed E-state index contributed by atoms with van der Waals surface area (Å²) in [6.07, 6.45) is 2.32. The van der Waals surface area contributed by atoms with Crippen molar-refractivity contribution in [3.8, 4) is 0 Å². The molecule has 27 heavy (non-hydrogen) atoms. The van der Waals surface area contributed by atoms with Crippen molar-refractivity contribution in [2.45, 2.75) is 38.8 Å². The number of likely N-dealkylation sites (tertiary alicyclic amines) is 1. The number of aryl methyl sites for hydroxylation is 1. The summed E-state index contributed by atoms with van der Waals surface area (Å²) in [4.78, 5) is 4.97. The van der Waals surface area contributed by atoms with Gasteiger partial charge in [-0.25, -0.2) is 0 Å². The molecule has 146 valence electrons. The summed E-state index contributed by atoms with van der Waals surface area (Å²) >= 11 is 0. The van der Waals surface area contributed by atoms with Crippen LogP contribution in [0.25, 0.3) is 0 Å². The zero-order valence-electron chi connectivity index (χ0n) is 16.6. The molecule has 0 saturated carbocycles. The van der Waals surface area contributed by atoms with E-state index in [4.69, 9.17) is 4.74 Å². The zero-order chi connectivity index (χ0) is 18.6. The Hall–Kier alpha value is -1.76. The zero-order valence-corrected chi connectivity index (χ0v) is 16.6. The molecule has 4 rings (SSSR count). The highest BCUT2D eigenvalue weighted by Gasteiger charge is 2.25. The minimum Gasteiger partial charge on any atom is -0.379 e. The van der Waals surface area contributed by atoms with Gasteiger partial charge in [0.2, 0.25) is 0 Å². The first-order chi connectivity index (χ1) is 13.2. The number of benzene rings is 1. The summed E-state index contributed by atoms with van der Waals surface area (Å²) in [5.41, 5.74) is 2.73. The van der Waals surface area contributed by atoms with E-state index in [9.17, 15) is 0 Å². The second kappa shape index (κ2) is 8.50. The number of rotatable bonds is 5. The summed E-state index contributed by atoms with van der Waals surface area (Å²) in [6.45, 7) is 9.94. The normalized spacial score (nSPS) is 20.2. The topological polar surface area (TPSA) is 46.4 Å². The number of hydrogen-bond donors (Lipinski definition) is 0. The van der Waals surface area contributed by atoms with Crippen LogP contribution in [-0.2, 0) is 24.9 Å². The molecular formula is C21H31N5O. The molecule has 0 aliphatic carbocycles. The van der Waals surface area contributed by atoms with Gasteiger partial charge in [0.15, 0.2) is 0 Å². The van der Waals surface area contributed by atoms with Crippen LogP contribution < -0.4 is 0 Å². The largest absolute Gasteiger partial charge is 0.379 e. The van der Waals surface area contributed by atoms with Gasteiger partial charge in [0.25, 0.3) is 0 Å². The Morgan fingerprint density at radius 1 is 0.926 bits per heavy atom. The second-order valence-corrected chi connectivity index (χ2v) is 7.96. The third-order valence-electron chi connectivity index (χ3n) is 5.95. The Morgan fingerprint density at radius 3 is 2.30 bits per heavy atom. The van der Waals surface area contributed by atoms with Crippen molar-refractivity contribution in [1.29, 1.82) is 0 Å². The van der Waals surface area contributed by atoms with Gasteiger partial charge in [-0.2, -0.15) is 0 Å². The maximum Gasteiger partial charge on any atom is 0.146 e. The Kier molecular flexibility index (Phi) is 5.86. The Labute approximate surface area is 162 Å². The first kappa shape index (κ1) is 18.6. The van der Waals surface area contributed by atoms with Crippen LogP contribution in [0.5, 0.6) is 0 Å². The number of hydrogen-bond acceptors (Lipinski definition) is 5. The van der Waals surface area contributed by atoms with Gasteiger partial charge in [-0.1, -0.05) is 29.8 Å². The molecular weight excluding hydrogens is 338 g/mol. The molecule has 1 aromatic carbocycles. The SMILES string of the molecule is Cc1ccc(CN2CCC(c3nnc(CN4CCOCC4)n3C)CC2)cc1. The molecule has 2 aliphatic rings. The third kappa shape index (κ3) is 4.57. The van der Waals surface area contributed by atoms with Crippen molar-refractivity contribution < 1.29 is 4.74 Å². The Balaban J connectivity index is 1.32. The number of nitrogens with zero attached hydrogens (tertiary/aromatic N) is 5. The molecule has 1 aromatic heterocycles. The van der Waals surface area contributed by atoms with Gasteiger partial charge < -0.3 is 9.30 Å². The van der Waals surface area contributed by atoms with E-state index in [0.717, 1.165) is 77.0 Å². The van der Waals surface area contributed by atoms with Crippen LogP contribution in [0.2, 0.25) is 0 Å². The fraction of sp³-hybridized carbons (Fsp3) is 0.619. The number of ether oxygens (including phenoxy) is 1. The summed E-state index contributed by atoms with van der Waals surface area (Å²) in [7, 11) is 2.13. The van der Waals surface area contributed by atoms with Crippen LogP contribution in [0.1, 0.15) is 41.5 Å². The van der Waals surface area contributed by atoms with E-state index in [2.05, 4.69) is 62.8 Å². The molecule has 2 saturated heterocycles. The van der Waals surface area contributed by atoms with Crippen LogP contribution in [0.3, 0.4) is 0 Å². The van der Waals surface area contributed by atoms with Crippen molar-refractivity contribution >= 4 is 0 Å². The standard InChI is InChI=1S/C21H31N5O/c1-17-3-5-18(6-4-17)15-25-9-7-19(8-10-25)21-23-22-20(24(21)2)16-26-11-13-27-14-12-26/h3-6,19H,7-16H2,1-2H3. The average Bonchev–Trinajstić information content (AvgIpc) is 3.05. The first-order valence-electron chi connectivity index (χ1n) is 10.2. The van der Waals surface area contributed by atoms with Crippen molar-refractivity contribution in [1.82, 2.24) is 24.6 Å². The predicted molar refractivity (Wildman–Crippen MR) is 106 cm³/mol. The molecule has 0 N–H and O–H groups in total. The quantitative estimate of drug-likeness (QED) is 0.810. The monoisotopic (exact) mass is 369 g/mol. The fourth-order valence-corrected chi connectivity index (χ4v) is 4.13. The fourth-order valence-electron chi connectivity index (χ4n) is 4.13. The number of morpholine rings is 1. The van der Waals surface area contributed by atoms with Crippen LogP contribution in [0.4, 0.5) is 0 Å². The van der Waals surface area contributed by atoms with Crippen LogP contribution in [0.15, 0.2) is 24.3 Å². The second-order valence-electron chi connectivity index (χ2n) is 7.96. The Morgan fingerprint density at radius 2 is 1.59 bits per heavy atom. The predicted octanol–water partition coefficient (Wildman–Crippen LogP) is 2.34. The average molecular weight is 370 g/mol. The summed E-state index contributed by atoms with van der Waals surface area (Å²) in [5.74, 6) is 2.76. The van der Waals surface area contributed by atoms with Crippen molar-refractivity contribution in [2.75, 3.05) is 39.4 Å². The molecule has 0 atom stereocenters. The van der Waals surface area contributed by atoms with Gasteiger partial charge in [-0.05, 0) is 38.4 Å². The van der Waals surface area contributed by atoms with Crippen molar-refractivity contribution in [2.24, 2.45) is 7.05 Å². The smallest absolute Gasteiger partial charge is 0.146 e. The van der Waals surface area contributed by atoms with E-state index in [1.165, 1.54) is 11.1 Å². The molecule has 3 heterocycles. The molecule has 2 fully saturated rings. The van der Waals surface area contributed by atoms with E-state index < -0.39 is 0 Å². The summed E-state index contributed by atoms with van der Waals surface area (Å²) in [5, 5.41) is 9.06. The molecule has 0 spiro atoms. The highest BCUT2D eigenvalue weighted by atomic mass is 16.5. The number of piperidine rings is 1. The van der Waals surface area contributed by atoms with Gasteiger partial charge in [0.1, 0.15) is 11.6 Å². The maximum absolute atomic E-state index is 5.44. The lowest BCUT2D eigenvalue weighted by molar-refractivity contribution is 0.0326. The van der Waals surface area contributed by atoms with E-state index >= 15 is 0 Å². The minimum absolute atomic E-state index is 0.523. The van der Waals surface area contributed by atoms with Crippen molar-refractivity contribution in [3.05, 3.63) is 47.0 Å². The van der Waals surface area contributed by atoms with E-state index in [1.54, 1.807) is 0 Å². The molecule has 2 aromatic rings. The molecule has 2 aliphatic heterocycles. The van der Waals surface area contributed by atoms with Crippen LogP contribution in [0, 0.1) is 6.92 Å². The lowest BCUT2D eigenvalue weighted by atomic mass is 9.95. The lowest BCUT2D eigenvalue weighted by Gasteiger charge is -2.31. The highest BCUT2D eigenvalue weighted by molar-refractivity contribution is 5.21. The lowest BCUT2D eigenvalue weighted by Crippen LogP contribution is -2.36. The van der Waals surface area contributed by atoms with Gasteiger partial charge in [0.05, 0.1) is 19.8 Å². The van der Waals surface area contributed by atoms with Gasteiger partial charge in [-0.15, -0.1) is 10.2 Å². The molecule has 0 amide bonds. The van der Waals surface area contributed by atoms with Crippen molar-refractivity contribution in [3.63, 3.8) is 0 Å². The van der Waals surface area contributed by atoms with E-state index in [1.807, 2.05) is 0 Å². The van der Waals surface area contributed by atoms with Gasteiger partial charge in [-0.3, -0.25) is 9.80 Å². The summed E-state index contributed by atoms with van der Waals surface area (Å²) in [6, 6.07) is 8.92. The molecule has 0 bridgehead atoms. The van der Waals surface area contributed by atoms with Crippen LogP contribution >= 0.6 is 0 Å². The maximum atomic E-state index is 5.44. The summed E-state index contributed by atoms with van der Waals surface area (Å²) < 4.78 is 7.67. The number of aromatic nitrogens is 3. The molecule has 0 radical (unpaired) electrons. The minimum atomic E-state index is 0.523. The molecule has 6 heteroatoms. The van der Waals surface area contributed by atoms with E-state index in [-0.39, 0.29) is 0 Å². The van der Waals surface area contributed by atoms with Crippen LogP contribution in [-0.4, -0.2) is 64.0 Å². The first-order valence-corrected chi connectivity index (χ1v) is 10.2. The highest BCUT2D eigenvalue weighted by Crippen LogP contribution is 2.27. The van der Waals surface area contributed by atoms with Gasteiger partial charge in [0, 0.05) is 32.6 Å². The van der Waals surface area contributed by atoms with E-state index in [0.29, 0.717) is 5.92 Å². The molecule has 0 unspecified atom stereocenters. The Bertz CT molecular complexity index is 728. The third-order valence-corrected chi connectivity index (χ3v) is 5.95.